The van der Waals surface area contributed by atoms with Crippen LogP contribution in [0.25, 0.3) is 55.3 Å². The maximum Gasteiger partial charge on any atom is 0.0543 e. The molecule has 0 heterocycles. The lowest BCUT2D eigenvalue weighted by molar-refractivity contribution is 0.445. The zero-order chi connectivity index (χ0) is 37.6. The van der Waals surface area contributed by atoms with Crippen LogP contribution in [0.2, 0.25) is 0 Å². The van der Waals surface area contributed by atoms with Gasteiger partial charge in [0.1, 0.15) is 0 Å². The Bertz CT molecular complexity index is 2690. The summed E-state index contributed by atoms with van der Waals surface area (Å²) >= 11 is 0. The molecule has 0 bridgehead atoms. The van der Waals surface area contributed by atoms with Crippen LogP contribution in [-0.4, -0.2) is 0 Å². The molecule has 8 aromatic rings. The van der Waals surface area contributed by atoms with Gasteiger partial charge in [-0.15, -0.1) is 0 Å². The Morgan fingerprint density at radius 3 is 1.80 bits per heavy atom. The number of nitrogens with zero attached hydrogens (tertiary/aromatic N) is 1. The molecule has 2 aliphatic rings. The van der Waals surface area contributed by atoms with Crippen molar-refractivity contribution in [2.75, 3.05) is 4.90 Å². The molecule has 0 spiro atoms. The van der Waals surface area contributed by atoms with E-state index in [9.17, 15) is 0 Å². The zero-order valence-electron chi connectivity index (χ0n) is 32.4. The number of fused-ring (bicyclic) bond motifs is 4. The zero-order valence-corrected chi connectivity index (χ0v) is 32.4. The topological polar surface area (TPSA) is 3.24 Å². The van der Waals surface area contributed by atoms with Gasteiger partial charge in [-0.05, 0) is 98.3 Å². The van der Waals surface area contributed by atoms with Crippen molar-refractivity contribution in [3.8, 4) is 44.5 Å². The molecular weight excluding hydrogens is 675 g/mol. The Labute approximate surface area is 331 Å². The van der Waals surface area contributed by atoms with Gasteiger partial charge >= 0.3 is 0 Å². The van der Waals surface area contributed by atoms with Gasteiger partial charge in [-0.2, -0.15) is 0 Å². The van der Waals surface area contributed by atoms with E-state index in [2.05, 4.69) is 201 Å². The van der Waals surface area contributed by atoms with Gasteiger partial charge in [0, 0.05) is 22.1 Å². The molecule has 0 amide bonds. The van der Waals surface area contributed by atoms with E-state index in [0.717, 1.165) is 5.69 Å². The molecule has 0 radical (unpaired) electrons. The van der Waals surface area contributed by atoms with Crippen molar-refractivity contribution in [1.82, 2.24) is 0 Å². The van der Waals surface area contributed by atoms with Crippen molar-refractivity contribution >= 4 is 27.8 Å². The highest BCUT2D eigenvalue weighted by atomic mass is 15.2. The summed E-state index contributed by atoms with van der Waals surface area (Å²) in [7, 11) is 0. The highest BCUT2D eigenvalue weighted by Gasteiger charge is 2.38. The molecule has 2 aliphatic carbocycles. The van der Waals surface area contributed by atoms with Crippen molar-refractivity contribution < 1.29 is 0 Å². The van der Waals surface area contributed by atoms with E-state index in [0.29, 0.717) is 5.92 Å². The number of hydrogen-bond donors (Lipinski definition) is 0. The van der Waals surface area contributed by atoms with Crippen LogP contribution in [-0.2, 0) is 5.41 Å². The predicted octanol–water partition coefficient (Wildman–Crippen LogP) is 15.7. The maximum absolute atomic E-state index is 2.59. The van der Waals surface area contributed by atoms with Gasteiger partial charge in [-0.1, -0.05) is 191 Å². The van der Waals surface area contributed by atoms with E-state index in [1.165, 1.54) is 115 Å². The Balaban J connectivity index is 1.29. The first-order valence-corrected chi connectivity index (χ1v) is 20.5. The quantitative estimate of drug-likeness (QED) is 0.158. The van der Waals surface area contributed by atoms with Crippen LogP contribution in [0.1, 0.15) is 68.6 Å². The van der Waals surface area contributed by atoms with Crippen LogP contribution in [0, 0.1) is 0 Å². The van der Waals surface area contributed by atoms with Crippen LogP contribution in [0.5, 0.6) is 0 Å². The van der Waals surface area contributed by atoms with E-state index in [4.69, 9.17) is 0 Å². The third-order valence-corrected chi connectivity index (χ3v) is 12.7. The minimum atomic E-state index is -0.128. The summed E-state index contributed by atoms with van der Waals surface area (Å²) in [6.45, 7) is 4.76. The Kier molecular flexibility index (Phi) is 8.67. The SMILES string of the molecule is CC1(C)c2ccccc2-c2c(N(c3ccc(-c4ccccc4)cc3-c3ccccc3)c3ccccc3-c3cccc4cccc(C5CCCCC5)c34)cccc21. The van der Waals surface area contributed by atoms with E-state index >= 15 is 0 Å². The minimum absolute atomic E-state index is 0.128. The average molecular weight is 722 g/mol. The molecule has 1 saturated carbocycles. The fourth-order valence-corrected chi connectivity index (χ4v) is 9.95. The molecule has 0 aliphatic heterocycles. The molecule has 0 saturated heterocycles. The molecule has 56 heavy (non-hydrogen) atoms. The molecule has 0 unspecified atom stereocenters. The van der Waals surface area contributed by atoms with Crippen LogP contribution in [0.3, 0.4) is 0 Å². The van der Waals surface area contributed by atoms with Crippen LogP contribution >= 0.6 is 0 Å². The highest BCUT2D eigenvalue weighted by molar-refractivity contribution is 6.06. The van der Waals surface area contributed by atoms with Gasteiger partial charge in [0.15, 0.2) is 0 Å². The van der Waals surface area contributed by atoms with Gasteiger partial charge in [-0.25, -0.2) is 0 Å². The normalized spacial score (nSPS) is 14.7. The summed E-state index contributed by atoms with van der Waals surface area (Å²) in [5.74, 6) is 0.586. The second-order valence-electron chi connectivity index (χ2n) is 16.3. The predicted molar refractivity (Wildman–Crippen MR) is 238 cm³/mol. The number of hydrogen-bond acceptors (Lipinski definition) is 1. The minimum Gasteiger partial charge on any atom is -0.309 e. The Hall–Kier alpha value is -6.18. The molecule has 0 aromatic heterocycles. The van der Waals surface area contributed by atoms with Crippen LogP contribution < -0.4 is 4.90 Å². The van der Waals surface area contributed by atoms with Crippen LogP contribution in [0.4, 0.5) is 17.1 Å². The number of para-hydroxylation sites is 1. The lowest BCUT2D eigenvalue weighted by Crippen LogP contribution is -2.16. The van der Waals surface area contributed by atoms with Gasteiger partial charge in [0.25, 0.3) is 0 Å². The van der Waals surface area contributed by atoms with Gasteiger partial charge in [0.2, 0.25) is 0 Å². The third kappa shape index (κ3) is 5.77. The maximum atomic E-state index is 2.59. The van der Waals surface area contributed by atoms with Gasteiger partial charge in [0.05, 0.1) is 17.1 Å². The van der Waals surface area contributed by atoms with E-state index in [-0.39, 0.29) is 5.41 Å². The van der Waals surface area contributed by atoms with Crippen molar-refractivity contribution in [3.63, 3.8) is 0 Å². The summed E-state index contributed by atoms with van der Waals surface area (Å²) in [6, 6.07) is 67.9. The lowest BCUT2D eigenvalue weighted by atomic mass is 9.80. The second kappa shape index (κ2) is 14.2. The largest absolute Gasteiger partial charge is 0.309 e. The smallest absolute Gasteiger partial charge is 0.0543 e. The molecule has 1 heteroatoms. The van der Waals surface area contributed by atoms with Crippen molar-refractivity contribution in [2.45, 2.75) is 57.3 Å². The summed E-state index contributed by atoms with van der Waals surface area (Å²) in [5, 5.41) is 2.72. The molecule has 272 valence electrons. The van der Waals surface area contributed by atoms with Gasteiger partial charge < -0.3 is 4.90 Å². The fourth-order valence-electron chi connectivity index (χ4n) is 9.95. The Morgan fingerprint density at radius 2 is 1.02 bits per heavy atom. The number of rotatable bonds is 7. The average Bonchev–Trinajstić information content (AvgIpc) is 3.51. The second-order valence-corrected chi connectivity index (χ2v) is 16.3. The monoisotopic (exact) mass is 721 g/mol. The van der Waals surface area contributed by atoms with E-state index < -0.39 is 0 Å². The summed E-state index contributed by atoms with van der Waals surface area (Å²) in [6.07, 6.45) is 6.50. The first-order valence-electron chi connectivity index (χ1n) is 20.5. The third-order valence-electron chi connectivity index (χ3n) is 12.7. The highest BCUT2D eigenvalue weighted by Crippen LogP contribution is 2.56. The number of anilines is 3. The molecule has 1 nitrogen and oxygen atoms in total. The Morgan fingerprint density at radius 1 is 0.429 bits per heavy atom. The molecule has 8 aromatic carbocycles. The number of benzene rings is 8. The first kappa shape index (κ1) is 34.3. The van der Waals surface area contributed by atoms with Crippen molar-refractivity contribution in [1.29, 1.82) is 0 Å². The van der Waals surface area contributed by atoms with Gasteiger partial charge in [-0.3, -0.25) is 0 Å². The molecule has 1 fully saturated rings. The summed E-state index contributed by atoms with van der Waals surface area (Å²) in [4.78, 5) is 2.59. The molecule has 0 N–H and O–H groups in total. The van der Waals surface area contributed by atoms with Crippen molar-refractivity contribution in [2.24, 2.45) is 0 Å². The molecule has 10 rings (SSSR count). The molecular formula is C55H47N. The lowest BCUT2D eigenvalue weighted by Gasteiger charge is -2.33. The van der Waals surface area contributed by atoms with Crippen molar-refractivity contribution in [3.05, 3.63) is 199 Å². The van der Waals surface area contributed by atoms with Crippen LogP contribution in [0.15, 0.2) is 182 Å². The standard InChI is InChI=1S/C55H47N/c1-55(2)48-31-14-12-28-46(48)54-49(55)32-18-34-52(54)56(51-36-35-42(38-19-6-3-7-20-38)37-47(51)40-23-10-5-11-24-40)50-33-15-13-27-44(50)45-30-17-26-41-25-16-29-43(53(41)45)39-21-8-4-9-22-39/h3,5-7,10-20,23-37,39H,4,8-9,21-22H2,1-2H3. The first-order chi connectivity index (χ1) is 27.6. The summed E-state index contributed by atoms with van der Waals surface area (Å²) < 4.78 is 0. The van der Waals surface area contributed by atoms with E-state index in [1.54, 1.807) is 0 Å². The van der Waals surface area contributed by atoms with E-state index in [1.807, 2.05) is 0 Å². The summed E-state index contributed by atoms with van der Waals surface area (Å²) in [5.41, 5.74) is 17.7. The molecule has 0 atom stereocenters. The fraction of sp³-hybridized carbons (Fsp3) is 0.164.